The first-order valence-corrected chi connectivity index (χ1v) is 11.2. The number of quaternary nitrogens is 1. The molecule has 29 heavy (non-hydrogen) atoms. The van der Waals surface area contributed by atoms with Gasteiger partial charge in [0, 0.05) is 5.92 Å². The summed E-state index contributed by atoms with van der Waals surface area (Å²) in [5.41, 5.74) is 2.54. The molecule has 1 heterocycles. The Hall–Kier alpha value is -1.65. The van der Waals surface area contributed by atoms with Gasteiger partial charge in [0.15, 0.2) is 0 Å². The fraction of sp³-hybridized carbons (Fsp3) is 0.640. The number of likely N-dealkylation sites (N-methyl/N-ethyl adjacent to an activating group) is 1. The molecule has 0 bridgehead atoms. The fourth-order valence-corrected chi connectivity index (χ4v) is 6.23. The third-order valence-corrected chi connectivity index (χ3v) is 8.25. The molecule has 1 unspecified atom stereocenters. The molecule has 0 aromatic heterocycles. The summed E-state index contributed by atoms with van der Waals surface area (Å²) in [5.74, 6) is 0.687. The van der Waals surface area contributed by atoms with Crippen LogP contribution in [0.2, 0.25) is 0 Å². The minimum atomic E-state index is -0.544. The minimum Gasteiger partial charge on any atom is -0.462 e. The van der Waals surface area contributed by atoms with Crippen molar-refractivity contribution in [2.24, 2.45) is 23.2 Å². The van der Waals surface area contributed by atoms with E-state index in [1.165, 1.54) is 23.3 Å². The number of carbonyl (C=O) groups excluding carboxylic acids is 1. The number of rotatable bonds is 5. The Morgan fingerprint density at radius 2 is 2.07 bits per heavy atom. The third kappa shape index (κ3) is 3.77. The lowest BCUT2D eigenvalue weighted by molar-refractivity contribution is -0.911. The maximum Gasteiger partial charge on any atom is 0.315 e. The number of hydrogen-bond donors (Lipinski definition) is 2. The van der Waals surface area contributed by atoms with Gasteiger partial charge in [0.25, 0.3) is 0 Å². The molecule has 2 saturated carbocycles. The molecule has 1 aromatic rings. The molecular formula is C25H36NO3+. The molecule has 4 nitrogen and oxygen atoms in total. The van der Waals surface area contributed by atoms with Gasteiger partial charge >= 0.3 is 5.97 Å². The normalized spacial score (nSPS) is 37.2. The first kappa shape index (κ1) is 20.6. The topological polar surface area (TPSA) is 51.0 Å². The first-order valence-electron chi connectivity index (χ1n) is 11.2. The van der Waals surface area contributed by atoms with Gasteiger partial charge in [0.2, 0.25) is 0 Å². The van der Waals surface area contributed by atoms with Crippen LogP contribution in [-0.2, 0) is 9.53 Å². The van der Waals surface area contributed by atoms with Crippen molar-refractivity contribution in [2.75, 3.05) is 13.6 Å². The molecule has 4 heteroatoms. The van der Waals surface area contributed by atoms with Gasteiger partial charge < -0.3 is 14.7 Å². The van der Waals surface area contributed by atoms with Crippen LogP contribution in [0.4, 0.5) is 0 Å². The molecule has 0 radical (unpaired) electrons. The Kier molecular flexibility index (Phi) is 5.60. The van der Waals surface area contributed by atoms with Crippen LogP contribution >= 0.6 is 0 Å². The number of ether oxygens (including phenoxy) is 1. The molecular weight excluding hydrogens is 362 g/mol. The van der Waals surface area contributed by atoms with Gasteiger partial charge in [0.05, 0.1) is 13.6 Å². The van der Waals surface area contributed by atoms with Crippen molar-refractivity contribution < 1.29 is 19.5 Å². The maximum absolute atomic E-state index is 12.8. The van der Waals surface area contributed by atoms with Crippen molar-refractivity contribution in [1.29, 1.82) is 0 Å². The first-order chi connectivity index (χ1) is 13.8. The molecule has 8 atom stereocenters. The van der Waals surface area contributed by atoms with E-state index in [1.54, 1.807) is 0 Å². The van der Waals surface area contributed by atoms with Crippen LogP contribution < -0.4 is 4.90 Å². The van der Waals surface area contributed by atoms with E-state index in [0.29, 0.717) is 12.5 Å². The molecule has 1 saturated heterocycles. The van der Waals surface area contributed by atoms with Crippen molar-refractivity contribution in [1.82, 2.24) is 0 Å². The van der Waals surface area contributed by atoms with E-state index < -0.39 is 6.10 Å². The molecule has 2 aliphatic carbocycles. The second kappa shape index (κ2) is 7.88. The minimum absolute atomic E-state index is 0.00255. The zero-order chi connectivity index (χ0) is 20.8. The van der Waals surface area contributed by atoms with Crippen LogP contribution in [0.1, 0.15) is 57.6 Å². The highest BCUT2D eigenvalue weighted by Crippen LogP contribution is 2.56. The largest absolute Gasteiger partial charge is 0.462 e. The third-order valence-electron chi connectivity index (χ3n) is 8.25. The van der Waals surface area contributed by atoms with Crippen molar-refractivity contribution in [2.45, 2.75) is 64.2 Å². The van der Waals surface area contributed by atoms with Crippen molar-refractivity contribution in [3.8, 4) is 0 Å². The van der Waals surface area contributed by atoms with Gasteiger partial charge in [-0.15, -0.1) is 0 Å². The van der Waals surface area contributed by atoms with E-state index in [1.807, 2.05) is 30.3 Å². The van der Waals surface area contributed by atoms with E-state index in [0.717, 1.165) is 24.8 Å². The van der Waals surface area contributed by atoms with Gasteiger partial charge in [-0.25, -0.2) is 0 Å². The summed E-state index contributed by atoms with van der Waals surface area (Å²) in [6.45, 7) is 9.52. The Balaban J connectivity index is 1.46. The van der Waals surface area contributed by atoms with E-state index in [-0.39, 0.29) is 35.4 Å². The average Bonchev–Trinajstić information content (AvgIpc) is 2.99. The molecule has 2 N–H and O–H groups in total. The maximum atomic E-state index is 12.8. The number of nitrogens with one attached hydrogen (secondary N) is 1. The number of aliphatic hydroxyl groups is 1. The number of hydrogen-bond acceptors (Lipinski definition) is 3. The van der Waals surface area contributed by atoms with E-state index in [4.69, 9.17) is 4.74 Å². The SMILES string of the molecule is C=C1CCC[C@@]2(C)C[C@@H]3OC(=O)[C@@H](C[NH+](C)[C@@H](C)[C@@H](O)c4ccccc4)[C@H]3C[C@H]12. The Morgan fingerprint density at radius 3 is 2.79 bits per heavy atom. The summed E-state index contributed by atoms with van der Waals surface area (Å²) >= 11 is 0. The number of fused-ring (bicyclic) bond motifs is 2. The summed E-state index contributed by atoms with van der Waals surface area (Å²) in [6.07, 6.45) is 5.07. The number of aliphatic hydroxyl groups excluding tert-OH is 1. The quantitative estimate of drug-likeness (QED) is 0.592. The van der Waals surface area contributed by atoms with E-state index in [2.05, 4.69) is 27.5 Å². The van der Waals surface area contributed by atoms with Gasteiger partial charge in [-0.2, -0.15) is 0 Å². The van der Waals surface area contributed by atoms with Crippen LogP contribution in [0.3, 0.4) is 0 Å². The molecule has 0 amide bonds. The van der Waals surface area contributed by atoms with Gasteiger partial charge in [-0.3, -0.25) is 4.79 Å². The lowest BCUT2D eigenvalue weighted by Gasteiger charge is -2.50. The number of carbonyl (C=O) groups is 1. The Morgan fingerprint density at radius 1 is 1.34 bits per heavy atom. The van der Waals surface area contributed by atoms with Gasteiger partial charge in [-0.1, -0.05) is 49.4 Å². The smallest absolute Gasteiger partial charge is 0.315 e. The summed E-state index contributed by atoms with van der Waals surface area (Å²) in [5, 5.41) is 10.8. The highest BCUT2D eigenvalue weighted by atomic mass is 16.6. The van der Waals surface area contributed by atoms with Crippen LogP contribution in [0.15, 0.2) is 42.5 Å². The predicted octanol–water partition coefficient (Wildman–Crippen LogP) is 2.94. The van der Waals surface area contributed by atoms with Gasteiger partial charge in [0.1, 0.15) is 24.2 Å². The van der Waals surface area contributed by atoms with Crippen molar-refractivity contribution >= 4 is 5.97 Å². The molecule has 3 fully saturated rings. The van der Waals surface area contributed by atoms with Crippen LogP contribution in [0, 0.1) is 23.2 Å². The average molecular weight is 399 g/mol. The summed E-state index contributed by atoms with van der Waals surface area (Å²) in [6, 6.07) is 9.80. The van der Waals surface area contributed by atoms with Crippen LogP contribution in [-0.4, -0.2) is 36.8 Å². The number of esters is 1. The predicted molar refractivity (Wildman–Crippen MR) is 113 cm³/mol. The van der Waals surface area contributed by atoms with Gasteiger partial charge in [-0.05, 0) is 55.9 Å². The van der Waals surface area contributed by atoms with Crippen molar-refractivity contribution in [3.05, 3.63) is 48.0 Å². The summed E-state index contributed by atoms with van der Waals surface area (Å²) in [4.78, 5) is 14.0. The van der Waals surface area contributed by atoms with Crippen LogP contribution in [0.25, 0.3) is 0 Å². The van der Waals surface area contributed by atoms with Crippen LogP contribution in [0.5, 0.6) is 0 Å². The lowest BCUT2D eigenvalue weighted by Crippen LogP contribution is -3.14. The zero-order valence-corrected chi connectivity index (χ0v) is 18.1. The number of allylic oxidation sites excluding steroid dienone is 1. The molecule has 158 valence electrons. The van der Waals surface area contributed by atoms with E-state index >= 15 is 0 Å². The second-order valence-corrected chi connectivity index (χ2v) is 10.1. The highest BCUT2D eigenvalue weighted by Gasteiger charge is 2.56. The lowest BCUT2D eigenvalue weighted by atomic mass is 9.55. The second-order valence-electron chi connectivity index (χ2n) is 10.1. The Labute approximate surface area is 174 Å². The van der Waals surface area contributed by atoms with E-state index in [9.17, 15) is 9.90 Å². The standard InChI is InChI=1S/C25H35NO3/c1-16-9-8-12-25(3)14-22-19(13-21(16)25)20(24(28)29-22)15-26(4)17(2)23(27)18-10-6-5-7-11-18/h5-7,10-11,17,19-23,27H,1,8-9,12-15H2,2-4H3/p+1/t17-,19+,20-,21+,22-,23+,25-/m0/s1. The highest BCUT2D eigenvalue weighted by molar-refractivity contribution is 5.75. The number of benzene rings is 1. The zero-order valence-electron chi connectivity index (χ0n) is 18.1. The fourth-order valence-electron chi connectivity index (χ4n) is 6.23. The molecule has 1 aliphatic heterocycles. The summed E-state index contributed by atoms with van der Waals surface area (Å²) < 4.78 is 5.91. The molecule has 4 rings (SSSR count). The van der Waals surface area contributed by atoms with Crippen molar-refractivity contribution in [3.63, 3.8) is 0 Å². The Bertz CT molecular complexity index is 763. The monoisotopic (exact) mass is 398 g/mol. The molecule has 3 aliphatic rings. The molecule has 1 aromatic carbocycles. The molecule has 0 spiro atoms. The summed E-state index contributed by atoms with van der Waals surface area (Å²) in [7, 11) is 2.09.